The third-order valence-corrected chi connectivity index (χ3v) is 1.02. The normalized spacial score (nSPS) is 9.45. The second-order valence-corrected chi connectivity index (χ2v) is 1.50. The summed E-state index contributed by atoms with van der Waals surface area (Å²) in [4.78, 5) is 0. The molecule has 0 aliphatic heterocycles. The van der Waals surface area contributed by atoms with Crippen molar-refractivity contribution in [2.75, 3.05) is 14.2 Å². The first kappa shape index (κ1) is 9.50. The number of ether oxygens (including phenoxy) is 2. The molecule has 0 unspecified atom stereocenters. The molecule has 60 valence electrons. The van der Waals surface area contributed by atoms with Gasteiger partial charge in [-0.15, -0.1) is 0 Å². The Morgan fingerprint density at radius 1 is 1.09 bits per heavy atom. The fraction of sp³-hybridized carbons (Fsp3) is 0.600. The van der Waals surface area contributed by atoms with E-state index in [0.29, 0.717) is 0 Å². The maximum absolute atomic E-state index is 8.22. The number of hydrogen-bond acceptors (Lipinski definition) is 6. The van der Waals surface area contributed by atoms with Gasteiger partial charge in [-0.3, -0.25) is 10.6 Å². The van der Waals surface area contributed by atoms with Crippen LogP contribution >= 0.6 is 0 Å². The van der Waals surface area contributed by atoms with Gasteiger partial charge in [-0.2, -0.15) is 10.5 Å². The quantitative estimate of drug-likeness (QED) is 0.309. The minimum Gasteiger partial charge on any atom is -0.318 e. The smallest absolute Gasteiger partial charge is 0.318 e. The van der Waals surface area contributed by atoms with Crippen LogP contribution in [-0.2, 0) is 9.47 Å². The third-order valence-electron chi connectivity index (χ3n) is 1.02. The molecule has 0 saturated heterocycles. The summed E-state index contributed by atoms with van der Waals surface area (Å²) in [5.74, 6) is 0. The summed E-state index contributed by atoms with van der Waals surface area (Å²) in [6.45, 7) is 0. The van der Waals surface area contributed by atoms with E-state index in [0.717, 1.165) is 0 Å². The van der Waals surface area contributed by atoms with Crippen LogP contribution in [0.2, 0.25) is 0 Å². The van der Waals surface area contributed by atoms with E-state index in [2.05, 4.69) is 20.1 Å². The van der Waals surface area contributed by atoms with Gasteiger partial charge in [-0.25, -0.2) is 0 Å². The van der Waals surface area contributed by atoms with Crippen molar-refractivity contribution in [3.05, 3.63) is 0 Å². The summed E-state index contributed by atoms with van der Waals surface area (Å²) >= 11 is 0. The predicted molar refractivity (Wildman–Crippen MR) is 34.2 cm³/mol. The molecule has 0 saturated carbocycles. The van der Waals surface area contributed by atoms with Crippen LogP contribution in [0.1, 0.15) is 0 Å². The van der Waals surface area contributed by atoms with E-state index in [1.54, 1.807) is 12.4 Å². The lowest BCUT2D eigenvalue weighted by Gasteiger charge is -2.25. The van der Waals surface area contributed by atoms with Crippen molar-refractivity contribution in [2.45, 2.75) is 6.03 Å². The molecule has 0 bridgehead atoms. The molecule has 0 fully saturated rings. The Labute approximate surface area is 64.3 Å². The van der Waals surface area contributed by atoms with Gasteiger partial charge in [0.25, 0.3) is 0 Å². The minimum atomic E-state index is -1.54. The SMILES string of the molecule is COC(NC#N)(NC#N)OC. The number of nitriles is 2. The zero-order valence-electron chi connectivity index (χ0n) is 6.21. The monoisotopic (exact) mass is 156 g/mol. The molecular weight excluding hydrogens is 148 g/mol. The zero-order chi connectivity index (χ0) is 8.74. The Bertz CT molecular complexity index is 170. The Morgan fingerprint density at radius 2 is 1.45 bits per heavy atom. The van der Waals surface area contributed by atoms with Gasteiger partial charge >= 0.3 is 6.03 Å². The molecule has 2 N–H and O–H groups in total. The van der Waals surface area contributed by atoms with E-state index in [1.807, 2.05) is 0 Å². The van der Waals surface area contributed by atoms with Gasteiger partial charge in [-0.1, -0.05) is 0 Å². The number of nitrogens with zero attached hydrogens (tertiary/aromatic N) is 2. The molecule has 0 rings (SSSR count). The van der Waals surface area contributed by atoms with Gasteiger partial charge in [0.15, 0.2) is 12.4 Å². The molecule has 0 aliphatic rings. The molecule has 0 aromatic rings. The number of nitrogens with one attached hydrogen (secondary N) is 2. The van der Waals surface area contributed by atoms with Crippen LogP contribution in [-0.4, -0.2) is 20.3 Å². The van der Waals surface area contributed by atoms with Crippen LogP contribution < -0.4 is 10.6 Å². The molecule has 0 amide bonds. The summed E-state index contributed by atoms with van der Waals surface area (Å²) in [6.07, 6.45) is 3.16. The van der Waals surface area contributed by atoms with Gasteiger partial charge in [0.05, 0.1) is 0 Å². The first-order valence-corrected chi connectivity index (χ1v) is 2.67. The average molecular weight is 156 g/mol. The maximum atomic E-state index is 8.22. The first-order valence-electron chi connectivity index (χ1n) is 2.67. The number of hydrogen-bond donors (Lipinski definition) is 2. The van der Waals surface area contributed by atoms with Crippen molar-refractivity contribution in [3.8, 4) is 12.4 Å². The number of rotatable bonds is 4. The Hall–Kier alpha value is -1.50. The van der Waals surface area contributed by atoms with E-state index >= 15 is 0 Å². The molecule has 6 nitrogen and oxygen atoms in total. The lowest BCUT2D eigenvalue weighted by molar-refractivity contribution is -0.231. The molecule has 6 heteroatoms. The van der Waals surface area contributed by atoms with Gasteiger partial charge in [0.2, 0.25) is 0 Å². The highest BCUT2D eigenvalue weighted by Crippen LogP contribution is 1.99. The molecule has 0 aliphatic carbocycles. The van der Waals surface area contributed by atoms with Gasteiger partial charge in [0.1, 0.15) is 0 Å². The van der Waals surface area contributed by atoms with Crippen molar-refractivity contribution >= 4 is 0 Å². The molecule has 0 radical (unpaired) electrons. The average Bonchev–Trinajstić information content (AvgIpc) is 2.04. The maximum Gasteiger partial charge on any atom is 0.354 e. The zero-order valence-corrected chi connectivity index (χ0v) is 6.21. The van der Waals surface area contributed by atoms with Gasteiger partial charge in [0, 0.05) is 14.2 Å². The Balaban J connectivity index is 4.25. The van der Waals surface area contributed by atoms with Crippen LogP contribution in [0.25, 0.3) is 0 Å². The van der Waals surface area contributed by atoms with Crippen LogP contribution in [0.4, 0.5) is 0 Å². The summed E-state index contributed by atoms with van der Waals surface area (Å²) in [5, 5.41) is 20.7. The van der Waals surface area contributed by atoms with E-state index < -0.39 is 6.03 Å². The molecule has 11 heavy (non-hydrogen) atoms. The van der Waals surface area contributed by atoms with Crippen LogP contribution in [0.15, 0.2) is 0 Å². The highest BCUT2D eigenvalue weighted by molar-refractivity contribution is 4.80. The fourth-order valence-electron chi connectivity index (χ4n) is 0.466. The Kier molecular flexibility index (Phi) is 3.75. The second-order valence-electron chi connectivity index (χ2n) is 1.50. The number of methoxy groups -OCH3 is 2. The molecule has 0 atom stereocenters. The lowest BCUT2D eigenvalue weighted by atomic mass is 10.7. The fourth-order valence-corrected chi connectivity index (χ4v) is 0.466. The van der Waals surface area contributed by atoms with E-state index in [1.165, 1.54) is 14.2 Å². The molecule has 0 spiro atoms. The van der Waals surface area contributed by atoms with Crippen LogP contribution in [0, 0.1) is 22.9 Å². The minimum absolute atomic E-state index is 1.29. The van der Waals surface area contributed by atoms with Crippen LogP contribution in [0.5, 0.6) is 0 Å². The summed E-state index contributed by atoms with van der Waals surface area (Å²) < 4.78 is 9.36. The first-order chi connectivity index (χ1) is 5.24. The van der Waals surface area contributed by atoms with Crippen molar-refractivity contribution in [2.24, 2.45) is 0 Å². The van der Waals surface area contributed by atoms with Crippen molar-refractivity contribution in [1.29, 1.82) is 10.5 Å². The van der Waals surface area contributed by atoms with Gasteiger partial charge < -0.3 is 9.47 Å². The lowest BCUT2D eigenvalue weighted by Crippen LogP contribution is -2.56. The summed E-state index contributed by atoms with van der Waals surface area (Å²) in [7, 11) is 2.58. The highest BCUT2D eigenvalue weighted by atomic mass is 16.7. The molecule has 0 heterocycles. The van der Waals surface area contributed by atoms with E-state index in [4.69, 9.17) is 10.5 Å². The molecule has 0 aromatic heterocycles. The van der Waals surface area contributed by atoms with Crippen molar-refractivity contribution in [3.63, 3.8) is 0 Å². The van der Waals surface area contributed by atoms with Crippen molar-refractivity contribution in [1.82, 2.24) is 10.6 Å². The largest absolute Gasteiger partial charge is 0.354 e. The standard InChI is InChI=1S/C5H8N4O2/c1-10-5(11-2,8-3-6)9-4-7/h8-9H,1-2H3. The molecule has 0 aromatic carbocycles. The van der Waals surface area contributed by atoms with Crippen molar-refractivity contribution < 1.29 is 9.47 Å². The highest BCUT2D eigenvalue weighted by Gasteiger charge is 2.28. The topological polar surface area (TPSA) is 90.1 Å². The van der Waals surface area contributed by atoms with E-state index in [-0.39, 0.29) is 0 Å². The summed E-state index contributed by atoms with van der Waals surface area (Å²) in [6, 6.07) is -1.54. The molecular formula is C5H8N4O2. The van der Waals surface area contributed by atoms with Crippen LogP contribution in [0.3, 0.4) is 0 Å². The van der Waals surface area contributed by atoms with E-state index in [9.17, 15) is 0 Å². The predicted octanol–water partition coefficient (Wildman–Crippen LogP) is -0.968. The van der Waals surface area contributed by atoms with Gasteiger partial charge in [-0.05, 0) is 0 Å². The third kappa shape index (κ3) is 2.30. The second kappa shape index (κ2) is 4.34. The summed E-state index contributed by atoms with van der Waals surface area (Å²) in [5.41, 5.74) is 0. The Morgan fingerprint density at radius 3 is 1.64 bits per heavy atom.